The van der Waals surface area contributed by atoms with Crippen LogP contribution in [0.5, 0.6) is 0 Å². The van der Waals surface area contributed by atoms with E-state index >= 15 is 0 Å². The summed E-state index contributed by atoms with van der Waals surface area (Å²) in [5, 5.41) is 9.59. The van der Waals surface area contributed by atoms with Crippen molar-refractivity contribution in [3.05, 3.63) is 35.4 Å². The van der Waals surface area contributed by atoms with Crippen molar-refractivity contribution >= 4 is 5.97 Å². The van der Waals surface area contributed by atoms with Gasteiger partial charge in [0, 0.05) is 13.5 Å². The molecule has 2 rings (SSSR count). The number of aliphatic carboxylic acids is 1. The molecule has 1 aromatic rings. The molecule has 0 unspecified atom stereocenters. The van der Waals surface area contributed by atoms with Crippen molar-refractivity contribution in [3.63, 3.8) is 0 Å². The number of benzene rings is 1. The Kier molecular flexibility index (Phi) is 3.68. The minimum absolute atomic E-state index is 0.278. The summed E-state index contributed by atoms with van der Waals surface area (Å²) < 4.78 is 5.47. The number of carboxylic acids is 1. The maximum Gasteiger partial charge on any atom is 0.314 e. The fourth-order valence-electron chi connectivity index (χ4n) is 2.80. The Balaban J connectivity index is 2.39. The van der Waals surface area contributed by atoms with Crippen LogP contribution in [0.4, 0.5) is 0 Å². The van der Waals surface area contributed by atoms with E-state index in [9.17, 15) is 9.90 Å². The summed E-state index contributed by atoms with van der Waals surface area (Å²) in [5.41, 5.74) is 1.12. The lowest BCUT2D eigenvalue weighted by Gasteiger charge is -2.40. The second-order valence-corrected chi connectivity index (χ2v) is 6.04. The first-order valence-electron chi connectivity index (χ1n) is 6.78. The van der Waals surface area contributed by atoms with E-state index < -0.39 is 11.4 Å². The van der Waals surface area contributed by atoms with Gasteiger partial charge < -0.3 is 9.84 Å². The van der Waals surface area contributed by atoms with E-state index in [1.165, 1.54) is 0 Å². The molecule has 0 bridgehead atoms. The third-order valence-corrected chi connectivity index (χ3v) is 4.32. The van der Waals surface area contributed by atoms with Crippen LogP contribution >= 0.6 is 0 Å². The Bertz CT molecular complexity index is 473. The Hall–Kier alpha value is -1.35. The fraction of sp³-hybridized carbons (Fsp3) is 0.562. The zero-order valence-corrected chi connectivity index (χ0v) is 11.9. The summed E-state index contributed by atoms with van der Waals surface area (Å²) in [6.45, 7) is 4.05. The highest BCUT2D eigenvalue weighted by atomic mass is 16.5. The lowest BCUT2D eigenvalue weighted by molar-refractivity contribution is -0.147. The highest BCUT2D eigenvalue weighted by molar-refractivity contribution is 5.83. The molecule has 0 amide bonds. The molecule has 1 aliphatic carbocycles. The van der Waals surface area contributed by atoms with E-state index in [-0.39, 0.29) is 5.60 Å². The van der Waals surface area contributed by atoms with Gasteiger partial charge in [0.25, 0.3) is 0 Å². The molecule has 1 aromatic carbocycles. The molecule has 1 fully saturated rings. The summed E-state index contributed by atoms with van der Waals surface area (Å²) in [6.07, 6.45) is 3.21. The van der Waals surface area contributed by atoms with E-state index in [0.29, 0.717) is 0 Å². The smallest absolute Gasteiger partial charge is 0.314 e. The lowest BCUT2D eigenvalue weighted by atomic mass is 9.63. The Morgan fingerprint density at radius 1 is 1.37 bits per heavy atom. The number of methoxy groups -OCH3 is 1. The zero-order chi connectivity index (χ0) is 14.1. The van der Waals surface area contributed by atoms with Gasteiger partial charge in [-0.1, -0.05) is 30.7 Å². The molecule has 0 aliphatic heterocycles. The first kappa shape index (κ1) is 14.1. The Morgan fingerprint density at radius 3 is 2.47 bits per heavy atom. The third-order valence-electron chi connectivity index (χ3n) is 4.32. The van der Waals surface area contributed by atoms with Gasteiger partial charge in [0.15, 0.2) is 0 Å². The predicted molar refractivity (Wildman–Crippen MR) is 74.4 cm³/mol. The van der Waals surface area contributed by atoms with Gasteiger partial charge in [-0.25, -0.2) is 0 Å². The number of hydrogen-bond acceptors (Lipinski definition) is 2. The van der Waals surface area contributed by atoms with E-state index in [4.69, 9.17) is 4.74 Å². The molecule has 1 saturated carbocycles. The number of carbonyl (C=O) groups is 1. The lowest BCUT2D eigenvalue weighted by Crippen LogP contribution is -2.43. The minimum Gasteiger partial charge on any atom is -0.481 e. The number of rotatable bonds is 5. The SMILES string of the molecule is COC(C)(C)Cc1ccccc1C1(C(=O)O)CCC1. The normalized spacial score (nSPS) is 17.8. The molecule has 0 saturated heterocycles. The molecule has 0 aromatic heterocycles. The summed E-state index contributed by atoms with van der Waals surface area (Å²) >= 11 is 0. The standard InChI is InChI=1S/C16H22O3/c1-15(2,19-3)11-12-7-4-5-8-13(12)16(14(17)18)9-6-10-16/h4-5,7-8H,6,9-11H2,1-3H3,(H,17,18). The minimum atomic E-state index is -0.693. The van der Waals surface area contributed by atoms with Gasteiger partial charge in [-0.05, 0) is 37.8 Å². The Labute approximate surface area is 114 Å². The molecule has 0 heterocycles. The van der Waals surface area contributed by atoms with E-state index in [0.717, 1.165) is 36.8 Å². The molecular formula is C16H22O3. The van der Waals surface area contributed by atoms with Crippen molar-refractivity contribution in [2.45, 2.75) is 50.5 Å². The molecular weight excluding hydrogens is 240 g/mol. The zero-order valence-electron chi connectivity index (χ0n) is 11.9. The van der Waals surface area contributed by atoms with Crippen LogP contribution in [0, 0.1) is 0 Å². The number of carboxylic acid groups (broad SMARTS) is 1. The van der Waals surface area contributed by atoms with Crippen LogP contribution in [-0.2, 0) is 21.4 Å². The molecule has 3 heteroatoms. The molecule has 1 aliphatic rings. The fourth-order valence-corrected chi connectivity index (χ4v) is 2.80. The van der Waals surface area contributed by atoms with Crippen LogP contribution in [0.3, 0.4) is 0 Å². The first-order valence-corrected chi connectivity index (χ1v) is 6.78. The average molecular weight is 262 g/mol. The van der Waals surface area contributed by atoms with Crippen LogP contribution in [-0.4, -0.2) is 23.8 Å². The van der Waals surface area contributed by atoms with Crippen molar-refractivity contribution in [2.75, 3.05) is 7.11 Å². The topological polar surface area (TPSA) is 46.5 Å². The third kappa shape index (κ3) is 2.52. The van der Waals surface area contributed by atoms with Crippen LogP contribution < -0.4 is 0 Å². The van der Waals surface area contributed by atoms with Crippen molar-refractivity contribution in [1.82, 2.24) is 0 Å². The summed E-state index contributed by atoms with van der Waals surface area (Å²) in [4.78, 5) is 11.7. The second-order valence-electron chi connectivity index (χ2n) is 6.04. The Morgan fingerprint density at radius 2 is 2.00 bits per heavy atom. The van der Waals surface area contributed by atoms with Gasteiger partial charge in [0.1, 0.15) is 0 Å². The summed E-state index contributed by atoms with van der Waals surface area (Å²) in [7, 11) is 1.69. The quantitative estimate of drug-likeness (QED) is 0.886. The van der Waals surface area contributed by atoms with Gasteiger partial charge in [0.05, 0.1) is 11.0 Å². The molecule has 0 radical (unpaired) electrons. The highest BCUT2D eigenvalue weighted by Gasteiger charge is 2.47. The van der Waals surface area contributed by atoms with E-state index in [1.807, 2.05) is 38.1 Å². The van der Waals surface area contributed by atoms with Gasteiger partial charge in [0.2, 0.25) is 0 Å². The van der Waals surface area contributed by atoms with Crippen molar-refractivity contribution < 1.29 is 14.6 Å². The molecule has 1 N–H and O–H groups in total. The largest absolute Gasteiger partial charge is 0.481 e. The highest BCUT2D eigenvalue weighted by Crippen LogP contribution is 2.45. The molecule has 0 spiro atoms. The van der Waals surface area contributed by atoms with Crippen molar-refractivity contribution in [1.29, 1.82) is 0 Å². The second kappa shape index (κ2) is 4.97. The van der Waals surface area contributed by atoms with Gasteiger partial charge in [-0.15, -0.1) is 0 Å². The average Bonchev–Trinajstić information content (AvgIpc) is 2.29. The first-order chi connectivity index (χ1) is 8.91. The monoisotopic (exact) mass is 262 g/mol. The molecule has 19 heavy (non-hydrogen) atoms. The van der Waals surface area contributed by atoms with Crippen molar-refractivity contribution in [3.8, 4) is 0 Å². The maximum atomic E-state index is 11.7. The molecule has 3 nitrogen and oxygen atoms in total. The van der Waals surface area contributed by atoms with Crippen LogP contribution in [0.25, 0.3) is 0 Å². The van der Waals surface area contributed by atoms with Gasteiger partial charge in [-0.3, -0.25) is 4.79 Å². The summed E-state index contributed by atoms with van der Waals surface area (Å²) in [5.74, 6) is -0.693. The number of hydrogen-bond donors (Lipinski definition) is 1. The molecule has 104 valence electrons. The molecule has 0 atom stereocenters. The van der Waals surface area contributed by atoms with Gasteiger partial charge in [-0.2, -0.15) is 0 Å². The predicted octanol–water partition coefficient (Wildman–Crippen LogP) is 3.16. The van der Waals surface area contributed by atoms with E-state index in [1.54, 1.807) is 7.11 Å². The summed E-state index contributed by atoms with van der Waals surface area (Å²) in [6, 6.07) is 7.90. The number of ether oxygens (including phenoxy) is 1. The van der Waals surface area contributed by atoms with Crippen molar-refractivity contribution in [2.24, 2.45) is 0 Å². The van der Waals surface area contributed by atoms with Crippen LogP contribution in [0.15, 0.2) is 24.3 Å². The van der Waals surface area contributed by atoms with Crippen LogP contribution in [0.1, 0.15) is 44.2 Å². The van der Waals surface area contributed by atoms with Crippen LogP contribution in [0.2, 0.25) is 0 Å². The van der Waals surface area contributed by atoms with E-state index in [2.05, 4.69) is 0 Å². The maximum absolute atomic E-state index is 11.7. The van der Waals surface area contributed by atoms with Gasteiger partial charge >= 0.3 is 5.97 Å².